The van der Waals surface area contributed by atoms with E-state index in [0.717, 1.165) is 28.2 Å². The van der Waals surface area contributed by atoms with Gasteiger partial charge >= 0.3 is 0 Å². The molecule has 23 heavy (non-hydrogen) atoms. The summed E-state index contributed by atoms with van der Waals surface area (Å²) < 4.78 is 5.44. The number of carbonyl (C=O) groups excluding carboxylic acids is 1. The van der Waals surface area contributed by atoms with Gasteiger partial charge in [-0.1, -0.05) is 37.3 Å². The van der Waals surface area contributed by atoms with Crippen LogP contribution in [0.4, 0.5) is 0 Å². The van der Waals surface area contributed by atoms with E-state index in [2.05, 4.69) is 6.92 Å². The second-order valence-electron chi connectivity index (χ2n) is 5.35. The summed E-state index contributed by atoms with van der Waals surface area (Å²) in [5.41, 5.74) is 2.22. The molecule has 3 aromatic rings. The molecule has 2 aromatic heterocycles. The van der Waals surface area contributed by atoms with E-state index in [0.29, 0.717) is 13.1 Å². The number of benzene rings is 1. The maximum atomic E-state index is 13.0. The predicted molar refractivity (Wildman–Crippen MR) is 92.4 cm³/mol. The molecule has 0 fully saturated rings. The minimum Gasteiger partial charge on any atom is -0.467 e. The molecule has 0 N–H and O–H groups in total. The predicted octanol–water partition coefficient (Wildman–Crippen LogP) is 4.75. The summed E-state index contributed by atoms with van der Waals surface area (Å²) in [6.45, 7) is 3.12. The monoisotopic (exact) mass is 325 g/mol. The van der Waals surface area contributed by atoms with Crippen molar-refractivity contribution in [2.75, 3.05) is 0 Å². The number of hydrogen-bond donors (Lipinski definition) is 0. The molecule has 1 aromatic carbocycles. The number of thiophene rings is 1. The Morgan fingerprint density at radius 1 is 1.09 bits per heavy atom. The molecule has 0 saturated heterocycles. The molecule has 2 heterocycles. The molecule has 4 heteroatoms. The summed E-state index contributed by atoms with van der Waals surface area (Å²) in [7, 11) is 0. The van der Waals surface area contributed by atoms with Gasteiger partial charge in [0.15, 0.2) is 0 Å². The van der Waals surface area contributed by atoms with Crippen molar-refractivity contribution in [3.8, 4) is 0 Å². The minimum atomic E-state index is 0.0668. The van der Waals surface area contributed by atoms with E-state index in [1.807, 2.05) is 58.8 Å². The lowest BCUT2D eigenvalue weighted by molar-refractivity contribution is 0.0721. The van der Waals surface area contributed by atoms with Gasteiger partial charge in [-0.05, 0) is 41.1 Å². The number of rotatable bonds is 6. The van der Waals surface area contributed by atoms with Crippen LogP contribution in [0, 0.1) is 0 Å². The van der Waals surface area contributed by atoms with Gasteiger partial charge in [0.2, 0.25) is 0 Å². The van der Waals surface area contributed by atoms with Gasteiger partial charge < -0.3 is 9.32 Å². The second kappa shape index (κ2) is 7.29. The molecular weight excluding hydrogens is 306 g/mol. The quantitative estimate of drug-likeness (QED) is 0.655. The Bertz CT molecular complexity index is 747. The smallest absolute Gasteiger partial charge is 0.264 e. The first-order valence-corrected chi connectivity index (χ1v) is 8.58. The molecule has 3 rings (SSSR count). The maximum absolute atomic E-state index is 13.0. The van der Waals surface area contributed by atoms with Crippen molar-refractivity contribution < 1.29 is 9.21 Å². The summed E-state index contributed by atoms with van der Waals surface area (Å²) in [6.07, 6.45) is 2.51. The van der Waals surface area contributed by atoms with Crippen molar-refractivity contribution in [1.29, 1.82) is 0 Å². The van der Waals surface area contributed by atoms with Crippen molar-refractivity contribution in [3.05, 3.63) is 81.9 Å². The van der Waals surface area contributed by atoms with E-state index in [9.17, 15) is 4.79 Å². The van der Waals surface area contributed by atoms with Gasteiger partial charge in [-0.15, -0.1) is 11.3 Å². The normalized spacial score (nSPS) is 10.7. The average Bonchev–Trinajstić information content (AvgIpc) is 3.25. The summed E-state index contributed by atoms with van der Waals surface area (Å²) >= 11 is 1.51. The summed E-state index contributed by atoms with van der Waals surface area (Å²) in [5.74, 6) is 0.862. The first-order valence-electron chi connectivity index (χ1n) is 7.70. The van der Waals surface area contributed by atoms with Crippen LogP contribution in [-0.4, -0.2) is 10.8 Å². The molecule has 3 nitrogen and oxygen atoms in total. The Morgan fingerprint density at radius 2 is 1.91 bits per heavy atom. The summed E-state index contributed by atoms with van der Waals surface area (Å²) in [4.78, 5) is 15.7. The van der Waals surface area contributed by atoms with Crippen molar-refractivity contribution in [2.24, 2.45) is 0 Å². The second-order valence-corrected chi connectivity index (χ2v) is 6.27. The first-order chi connectivity index (χ1) is 11.3. The molecule has 0 bridgehead atoms. The number of hydrogen-bond acceptors (Lipinski definition) is 3. The highest BCUT2D eigenvalue weighted by atomic mass is 32.1. The van der Waals surface area contributed by atoms with E-state index in [4.69, 9.17) is 4.42 Å². The van der Waals surface area contributed by atoms with Gasteiger partial charge in [0, 0.05) is 6.54 Å². The zero-order valence-electron chi connectivity index (χ0n) is 13.1. The molecule has 0 unspecified atom stereocenters. The third-order valence-electron chi connectivity index (χ3n) is 3.75. The van der Waals surface area contributed by atoms with Crippen LogP contribution >= 0.6 is 11.3 Å². The van der Waals surface area contributed by atoms with Crippen LogP contribution in [0.3, 0.4) is 0 Å². The molecule has 0 spiro atoms. The van der Waals surface area contributed by atoms with Crippen molar-refractivity contribution in [3.63, 3.8) is 0 Å². The van der Waals surface area contributed by atoms with Gasteiger partial charge in [-0.3, -0.25) is 4.79 Å². The van der Waals surface area contributed by atoms with Crippen LogP contribution in [0.15, 0.2) is 64.6 Å². The number of carbonyl (C=O) groups is 1. The van der Waals surface area contributed by atoms with Gasteiger partial charge in [0.25, 0.3) is 5.91 Å². The molecule has 118 valence electrons. The van der Waals surface area contributed by atoms with E-state index >= 15 is 0 Å². The Balaban J connectivity index is 1.86. The van der Waals surface area contributed by atoms with Crippen LogP contribution in [-0.2, 0) is 19.5 Å². The largest absolute Gasteiger partial charge is 0.467 e. The Kier molecular flexibility index (Phi) is 4.93. The Hall–Kier alpha value is -2.33. The van der Waals surface area contributed by atoms with Crippen LogP contribution in [0.5, 0.6) is 0 Å². The van der Waals surface area contributed by atoms with Gasteiger partial charge in [-0.25, -0.2) is 0 Å². The third-order valence-corrected chi connectivity index (χ3v) is 4.70. The lowest BCUT2D eigenvalue weighted by Gasteiger charge is -2.22. The zero-order valence-corrected chi connectivity index (χ0v) is 13.9. The van der Waals surface area contributed by atoms with E-state index in [1.165, 1.54) is 11.3 Å². The van der Waals surface area contributed by atoms with Crippen molar-refractivity contribution in [1.82, 2.24) is 4.90 Å². The number of furan rings is 1. The van der Waals surface area contributed by atoms with Gasteiger partial charge in [0.05, 0.1) is 17.7 Å². The van der Waals surface area contributed by atoms with Crippen LogP contribution in [0.2, 0.25) is 0 Å². The van der Waals surface area contributed by atoms with Crippen molar-refractivity contribution >= 4 is 17.2 Å². The highest BCUT2D eigenvalue weighted by Crippen LogP contribution is 2.22. The topological polar surface area (TPSA) is 33.5 Å². The average molecular weight is 325 g/mol. The van der Waals surface area contributed by atoms with Crippen LogP contribution in [0.1, 0.15) is 33.5 Å². The van der Waals surface area contributed by atoms with Gasteiger partial charge in [-0.2, -0.15) is 0 Å². The van der Waals surface area contributed by atoms with E-state index < -0.39 is 0 Å². The fourth-order valence-corrected chi connectivity index (χ4v) is 3.50. The highest BCUT2D eigenvalue weighted by Gasteiger charge is 2.21. The van der Waals surface area contributed by atoms with E-state index in [-0.39, 0.29) is 5.91 Å². The molecule has 0 atom stereocenters. The molecule has 0 radical (unpaired) electrons. The summed E-state index contributed by atoms with van der Waals surface area (Å²) in [6, 6.07) is 15.8. The lowest BCUT2D eigenvalue weighted by Crippen LogP contribution is -2.30. The third kappa shape index (κ3) is 3.71. The molecule has 0 aliphatic heterocycles. The number of nitrogens with zero attached hydrogens (tertiary/aromatic N) is 1. The molecule has 0 aliphatic rings. The standard InChI is InChI=1S/C19H19NO2S/c1-2-16-10-12-23-18(16)19(21)20(14-17-9-6-11-22-17)13-15-7-4-3-5-8-15/h3-12H,2,13-14H2,1H3. The van der Waals surface area contributed by atoms with Crippen molar-refractivity contribution in [2.45, 2.75) is 26.4 Å². The first kappa shape index (κ1) is 15.6. The fourth-order valence-electron chi connectivity index (χ4n) is 2.54. The molecular formula is C19H19NO2S. The number of aryl methyl sites for hydroxylation is 1. The SMILES string of the molecule is CCc1ccsc1C(=O)N(Cc1ccccc1)Cc1ccco1. The Morgan fingerprint density at radius 3 is 2.61 bits per heavy atom. The van der Waals surface area contributed by atoms with Gasteiger partial charge in [0.1, 0.15) is 5.76 Å². The lowest BCUT2D eigenvalue weighted by atomic mass is 10.1. The zero-order chi connectivity index (χ0) is 16.1. The highest BCUT2D eigenvalue weighted by molar-refractivity contribution is 7.12. The van der Waals surface area contributed by atoms with Crippen LogP contribution in [0.25, 0.3) is 0 Å². The maximum Gasteiger partial charge on any atom is 0.264 e. The molecule has 0 saturated carbocycles. The Labute approximate surface area is 140 Å². The minimum absolute atomic E-state index is 0.0668. The summed E-state index contributed by atoms with van der Waals surface area (Å²) in [5, 5.41) is 1.99. The molecule has 0 aliphatic carbocycles. The molecule has 1 amide bonds. The van der Waals surface area contributed by atoms with Crippen LogP contribution < -0.4 is 0 Å². The number of amides is 1. The fraction of sp³-hybridized carbons (Fsp3) is 0.211. The van der Waals surface area contributed by atoms with E-state index in [1.54, 1.807) is 6.26 Å².